The van der Waals surface area contributed by atoms with Crippen LogP contribution in [0.15, 0.2) is 53.0 Å². The van der Waals surface area contributed by atoms with Crippen molar-refractivity contribution in [1.82, 2.24) is 9.97 Å². The lowest BCUT2D eigenvalue weighted by molar-refractivity contribution is -0.107. The average Bonchev–Trinajstić information content (AvgIpc) is 2.98. The third-order valence-corrected chi connectivity index (χ3v) is 4.39. The molecule has 0 saturated heterocycles. The summed E-state index contributed by atoms with van der Waals surface area (Å²) in [4.78, 5) is 18.9. The number of hydrogen-bond donors (Lipinski definition) is 1. The monoisotopic (exact) mass is 379 g/mol. The van der Waals surface area contributed by atoms with Crippen LogP contribution in [0.1, 0.15) is 22.6 Å². The number of halogens is 1. The molecule has 1 N–H and O–H groups in total. The third-order valence-electron chi connectivity index (χ3n) is 3.70. The van der Waals surface area contributed by atoms with E-state index in [1.54, 1.807) is 12.1 Å². The Bertz CT molecular complexity index is 907. The molecule has 0 unspecified atom stereocenters. The fourth-order valence-corrected chi connectivity index (χ4v) is 3.02. The van der Waals surface area contributed by atoms with Crippen LogP contribution in [-0.4, -0.2) is 16.3 Å². The summed E-state index contributed by atoms with van der Waals surface area (Å²) in [6.45, 7) is 0. The van der Waals surface area contributed by atoms with E-state index in [4.69, 9.17) is 5.26 Å². The highest BCUT2D eigenvalue weighted by Crippen LogP contribution is 2.29. The second-order valence-electron chi connectivity index (χ2n) is 5.35. The van der Waals surface area contributed by atoms with E-state index in [9.17, 15) is 4.79 Å². The number of nitriles is 1. The molecule has 0 atom stereocenters. The highest BCUT2D eigenvalue weighted by atomic mass is 79.9. The van der Waals surface area contributed by atoms with Gasteiger partial charge < -0.3 is 9.78 Å². The molecule has 1 aromatic heterocycles. The van der Waals surface area contributed by atoms with Gasteiger partial charge in [-0.25, -0.2) is 4.98 Å². The van der Waals surface area contributed by atoms with E-state index in [2.05, 4.69) is 32.0 Å². The maximum Gasteiger partial charge on any atom is 0.125 e. The smallest absolute Gasteiger partial charge is 0.125 e. The fourth-order valence-electron chi connectivity index (χ4n) is 2.55. The van der Waals surface area contributed by atoms with Gasteiger partial charge in [-0.15, -0.1) is 0 Å². The van der Waals surface area contributed by atoms with Gasteiger partial charge in [0.2, 0.25) is 0 Å². The maximum absolute atomic E-state index is 11.0. The van der Waals surface area contributed by atoms with Crippen LogP contribution < -0.4 is 0 Å². The van der Waals surface area contributed by atoms with E-state index >= 15 is 0 Å². The zero-order chi connectivity index (χ0) is 16.9. The van der Waals surface area contributed by atoms with E-state index in [1.165, 1.54) is 0 Å². The lowest BCUT2D eigenvalue weighted by atomic mass is 10.1. The first-order valence-corrected chi connectivity index (χ1v) is 8.26. The second kappa shape index (κ2) is 7.24. The SMILES string of the molecule is N#Cc1ccc(Cc2nc(-c3ccccc3Br)c(CC=O)[nH]2)cc1. The number of rotatable bonds is 5. The molecule has 2 aromatic carbocycles. The number of aldehydes is 1. The molecule has 0 radical (unpaired) electrons. The van der Waals surface area contributed by atoms with Crippen molar-refractivity contribution in [2.75, 3.05) is 0 Å². The number of aromatic amines is 1. The molecule has 0 aliphatic heterocycles. The Kier molecular flexibility index (Phi) is 4.88. The van der Waals surface area contributed by atoms with Crippen LogP contribution in [0.2, 0.25) is 0 Å². The Balaban J connectivity index is 1.95. The molecule has 0 aliphatic rings. The molecular weight excluding hydrogens is 366 g/mol. The summed E-state index contributed by atoms with van der Waals surface area (Å²) < 4.78 is 0.938. The van der Waals surface area contributed by atoms with E-state index in [-0.39, 0.29) is 6.42 Å². The van der Waals surface area contributed by atoms with Gasteiger partial charge in [0.05, 0.1) is 17.3 Å². The van der Waals surface area contributed by atoms with Gasteiger partial charge in [-0.05, 0) is 23.8 Å². The van der Waals surface area contributed by atoms with Gasteiger partial charge in [0, 0.05) is 28.6 Å². The van der Waals surface area contributed by atoms with E-state index < -0.39 is 0 Å². The summed E-state index contributed by atoms with van der Waals surface area (Å²) in [7, 11) is 0. The summed E-state index contributed by atoms with van der Waals surface area (Å²) in [5, 5.41) is 8.86. The minimum Gasteiger partial charge on any atom is -0.345 e. The minimum atomic E-state index is 0.289. The number of H-pyrrole nitrogens is 1. The third kappa shape index (κ3) is 3.44. The van der Waals surface area contributed by atoms with Gasteiger partial charge in [-0.3, -0.25) is 0 Å². The molecule has 0 bridgehead atoms. The summed E-state index contributed by atoms with van der Waals surface area (Å²) in [6, 6.07) is 17.3. The van der Waals surface area contributed by atoms with Gasteiger partial charge in [-0.1, -0.05) is 46.3 Å². The highest BCUT2D eigenvalue weighted by molar-refractivity contribution is 9.10. The van der Waals surface area contributed by atoms with Gasteiger partial charge in [0.1, 0.15) is 12.1 Å². The first-order valence-electron chi connectivity index (χ1n) is 7.46. The Morgan fingerprint density at radius 1 is 1.17 bits per heavy atom. The number of aromatic nitrogens is 2. The van der Waals surface area contributed by atoms with E-state index in [1.807, 2.05) is 36.4 Å². The first kappa shape index (κ1) is 16.2. The largest absolute Gasteiger partial charge is 0.345 e. The molecule has 0 aliphatic carbocycles. The fraction of sp³-hybridized carbons (Fsp3) is 0.105. The summed E-state index contributed by atoms with van der Waals surface area (Å²) >= 11 is 3.54. The summed E-state index contributed by atoms with van der Waals surface area (Å²) in [5.41, 5.74) is 4.24. The van der Waals surface area contributed by atoms with Crippen molar-refractivity contribution in [3.63, 3.8) is 0 Å². The quantitative estimate of drug-likeness (QED) is 0.679. The van der Waals surface area contributed by atoms with Crippen molar-refractivity contribution in [1.29, 1.82) is 5.26 Å². The van der Waals surface area contributed by atoms with Crippen LogP contribution in [0.3, 0.4) is 0 Å². The van der Waals surface area contributed by atoms with Gasteiger partial charge in [0.25, 0.3) is 0 Å². The predicted molar refractivity (Wildman–Crippen MR) is 95.5 cm³/mol. The molecule has 5 heteroatoms. The van der Waals surface area contributed by atoms with Crippen LogP contribution in [-0.2, 0) is 17.6 Å². The molecule has 3 rings (SSSR count). The Morgan fingerprint density at radius 2 is 1.92 bits per heavy atom. The van der Waals surface area contributed by atoms with Crippen molar-refractivity contribution in [2.45, 2.75) is 12.8 Å². The van der Waals surface area contributed by atoms with Crippen LogP contribution in [0.5, 0.6) is 0 Å². The molecule has 3 aromatic rings. The standard InChI is InChI=1S/C19H14BrN3O/c20-16-4-2-1-3-15(16)19-17(9-10-24)22-18(23-19)11-13-5-7-14(12-21)8-6-13/h1-8,10H,9,11H2,(H,22,23). The predicted octanol–water partition coefficient (Wildman–Crippen LogP) is 4.04. The molecular formula is C19H14BrN3O. The maximum atomic E-state index is 11.0. The summed E-state index contributed by atoms with van der Waals surface area (Å²) in [6.07, 6.45) is 1.78. The molecule has 0 saturated carbocycles. The van der Waals surface area contributed by atoms with Crippen LogP contribution in [0, 0.1) is 11.3 Å². The van der Waals surface area contributed by atoms with Crippen LogP contribution in [0.4, 0.5) is 0 Å². The number of carbonyl (C=O) groups is 1. The topological polar surface area (TPSA) is 69.5 Å². The van der Waals surface area contributed by atoms with Crippen molar-refractivity contribution in [2.24, 2.45) is 0 Å². The Labute approximate surface area is 148 Å². The molecule has 118 valence electrons. The molecule has 1 heterocycles. The molecule has 0 spiro atoms. The lowest BCUT2D eigenvalue weighted by Crippen LogP contribution is -1.92. The van der Waals surface area contributed by atoms with Crippen molar-refractivity contribution in [3.05, 3.63) is 75.6 Å². The molecule has 0 amide bonds. The van der Waals surface area contributed by atoms with Crippen molar-refractivity contribution >= 4 is 22.2 Å². The van der Waals surface area contributed by atoms with Gasteiger partial charge in [-0.2, -0.15) is 5.26 Å². The zero-order valence-electron chi connectivity index (χ0n) is 12.8. The minimum absolute atomic E-state index is 0.289. The highest BCUT2D eigenvalue weighted by Gasteiger charge is 2.14. The number of hydrogen-bond acceptors (Lipinski definition) is 3. The second-order valence-corrected chi connectivity index (χ2v) is 6.20. The first-order chi connectivity index (χ1) is 11.7. The molecule has 0 fully saturated rings. The van der Waals surface area contributed by atoms with Gasteiger partial charge in [0.15, 0.2) is 0 Å². The Morgan fingerprint density at radius 3 is 2.58 bits per heavy atom. The van der Waals surface area contributed by atoms with E-state index in [0.29, 0.717) is 12.0 Å². The zero-order valence-corrected chi connectivity index (χ0v) is 14.4. The Hall–Kier alpha value is -2.71. The summed E-state index contributed by atoms with van der Waals surface area (Å²) in [5.74, 6) is 0.794. The average molecular weight is 380 g/mol. The number of carbonyl (C=O) groups excluding carboxylic acids is 1. The van der Waals surface area contributed by atoms with E-state index in [0.717, 1.165) is 39.1 Å². The number of imidazole rings is 1. The van der Waals surface area contributed by atoms with Crippen LogP contribution >= 0.6 is 15.9 Å². The normalized spacial score (nSPS) is 10.3. The number of nitrogens with zero attached hydrogens (tertiary/aromatic N) is 2. The van der Waals surface area contributed by atoms with Crippen molar-refractivity contribution < 1.29 is 4.79 Å². The van der Waals surface area contributed by atoms with Gasteiger partial charge >= 0.3 is 0 Å². The number of benzene rings is 2. The molecule has 24 heavy (non-hydrogen) atoms. The number of nitrogens with one attached hydrogen (secondary N) is 1. The molecule has 4 nitrogen and oxygen atoms in total. The van der Waals surface area contributed by atoms with Crippen molar-refractivity contribution in [3.8, 4) is 17.3 Å². The lowest BCUT2D eigenvalue weighted by Gasteiger charge is -2.02. The van der Waals surface area contributed by atoms with Crippen LogP contribution in [0.25, 0.3) is 11.3 Å².